The van der Waals surface area contributed by atoms with Gasteiger partial charge in [0.15, 0.2) is 9.84 Å². The van der Waals surface area contributed by atoms with Gasteiger partial charge in [0.1, 0.15) is 11.9 Å². The van der Waals surface area contributed by atoms with E-state index in [0.717, 1.165) is 12.1 Å². The minimum absolute atomic E-state index is 0.0849. The summed E-state index contributed by atoms with van der Waals surface area (Å²) in [4.78, 5) is 0. The lowest BCUT2D eigenvalue weighted by molar-refractivity contribution is 0.229. The van der Waals surface area contributed by atoms with E-state index in [4.69, 9.17) is 16.3 Å². The van der Waals surface area contributed by atoms with Crippen LogP contribution in [0.3, 0.4) is 0 Å². The average Bonchev–Trinajstić information content (AvgIpc) is 2.63. The summed E-state index contributed by atoms with van der Waals surface area (Å²) in [5.41, 5.74) is 1.06. The number of ether oxygens (including phenoxy) is 1. The number of rotatable bonds is 4. The summed E-state index contributed by atoms with van der Waals surface area (Å²) in [5.74, 6) is 0.841. The number of benzene rings is 1. The van der Waals surface area contributed by atoms with Crippen molar-refractivity contribution in [3.63, 3.8) is 0 Å². The van der Waals surface area contributed by atoms with Crippen molar-refractivity contribution in [1.29, 1.82) is 0 Å². The smallest absolute Gasteiger partial charge is 0.154 e. The van der Waals surface area contributed by atoms with E-state index in [1.54, 1.807) is 6.07 Å². The molecule has 4 nitrogen and oxygen atoms in total. The van der Waals surface area contributed by atoms with Gasteiger partial charge in [0, 0.05) is 6.54 Å². The number of hydrogen-bond acceptors (Lipinski definition) is 4. The first-order valence-electron chi connectivity index (χ1n) is 5.80. The van der Waals surface area contributed by atoms with Gasteiger partial charge in [-0.2, -0.15) is 0 Å². The number of nitrogens with one attached hydrogen (secondary N) is 1. The van der Waals surface area contributed by atoms with E-state index in [1.165, 1.54) is 0 Å². The third-order valence-corrected chi connectivity index (χ3v) is 4.89. The summed E-state index contributed by atoms with van der Waals surface area (Å²) in [6.07, 6.45) is 0.263. The number of hydrogen-bond donors (Lipinski definition) is 1. The summed E-state index contributed by atoms with van der Waals surface area (Å²) in [7, 11) is -1.06. The predicted molar refractivity (Wildman–Crippen MR) is 71.9 cm³/mol. The first-order chi connectivity index (χ1) is 8.50. The molecule has 18 heavy (non-hydrogen) atoms. The fourth-order valence-corrected chi connectivity index (χ4v) is 3.82. The highest BCUT2D eigenvalue weighted by atomic mass is 35.5. The highest BCUT2D eigenvalue weighted by molar-refractivity contribution is 7.91. The van der Waals surface area contributed by atoms with Crippen LogP contribution in [0.2, 0.25) is 5.02 Å². The van der Waals surface area contributed by atoms with Crippen LogP contribution >= 0.6 is 11.6 Å². The van der Waals surface area contributed by atoms with Crippen molar-refractivity contribution in [2.45, 2.75) is 19.1 Å². The quantitative estimate of drug-likeness (QED) is 0.915. The first-order valence-corrected chi connectivity index (χ1v) is 8.00. The second-order valence-corrected chi connectivity index (χ2v) is 7.07. The molecule has 0 radical (unpaired) electrons. The highest BCUT2D eigenvalue weighted by Gasteiger charge is 2.29. The van der Waals surface area contributed by atoms with Crippen LogP contribution < -0.4 is 10.1 Å². The predicted octanol–water partition coefficient (Wildman–Crippen LogP) is 1.63. The van der Waals surface area contributed by atoms with Crippen LogP contribution in [-0.2, 0) is 16.4 Å². The van der Waals surface area contributed by atoms with Gasteiger partial charge in [-0.25, -0.2) is 8.42 Å². The van der Waals surface area contributed by atoms with Gasteiger partial charge < -0.3 is 10.1 Å². The summed E-state index contributed by atoms with van der Waals surface area (Å²) >= 11 is 6.11. The van der Waals surface area contributed by atoms with E-state index in [1.807, 2.05) is 19.2 Å². The maximum atomic E-state index is 11.3. The van der Waals surface area contributed by atoms with Crippen LogP contribution in [0, 0.1) is 0 Å². The second kappa shape index (κ2) is 5.47. The van der Waals surface area contributed by atoms with Gasteiger partial charge in [-0.3, -0.25) is 0 Å². The van der Waals surface area contributed by atoms with Crippen LogP contribution in [0.25, 0.3) is 0 Å². The Balaban J connectivity index is 2.06. The Bertz CT molecular complexity index is 530. The lowest BCUT2D eigenvalue weighted by atomic mass is 10.2. The topological polar surface area (TPSA) is 55.4 Å². The minimum Gasteiger partial charge on any atom is -0.488 e. The lowest BCUT2D eigenvalue weighted by Gasteiger charge is -2.14. The van der Waals surface area contributed by atoms with E-state index in [9.17, 15) is 8.42 Å². The van der Waals surface area contributed by atoms with Crippen molar-refractivity contribution in [3.8, 4) is 5.75 Å². The van der Waals surface area contributed by atoms with Crippen molar-refractivity contribution < 1.29 is 13.2 Å². The summed E-state index contributed by atoms with van der Waals surface area (Å²) in [5, 5.41) is 3.56. The van der Waals surface area contributed by atoms with E-state index in [0.29, 0.717) is 17.2 Å². The largest absolute Gasteiger partial charge is 0.488 e. The Morgan fingerprint density at radius 1 is 1.50 bits per heavy atom. The molecule has 0 aliphatic carbocycles. The summed E-state index contributed by atoms with van der Waals surface area (Å²) in [6.45, 7) is 0.734. The Morgan fingerprint density at radius 2 is 2.28 bits per heavy atom. The van der Waals surface area contributed by atoms with Gasteiger partial charge in [-0.05, 0) is 31.2 Å². The third-order valence-electron chi connectivity index (χ3n) is 2.86. The molecule has 0 aromatic heterocycles. The number of halogens is 1. The van der Waals surface area contributed by atoms with Crippen LogP contribution in [0.15, 0.2) is 18.2 Å². The standard InChI is InChI=1S/C12H16ClNO3S/c1-14-7-9-2-3-12(11(13)6-9)17-10-4-5-18(15,16)8-10/h2-3,6,10,14H,4-5,7-8H2,1H3. The molecule has 1 N–H and O–H groups in total. The van der Waals surface area contributed by atoms with E-state index >= 15 is 0 Å². The molecule has 1 aliphatic rings. The van der Waals surface area contributed by atoms with Crippen LogP contribution in [-0.4, -0.2) is 33.1 Å². The Hall–Kier alpha value is -0.780. The molecule has 0 spiro atoms. The van der Waals surface area contributed by atoms with Crippen LogP contribution in [0.4, 0.5) is 0 Å². The normalized spacial score (nSPS) is 22.0. The molecule has 1 aliphatic heterocycles. The molecule has 1 aromatic carbocycles. The molecule has 1 unspecified atom stereocenters. The molecule has 1 saturated heterocycles. The number of sulfone groups is 1. The molecule has 0 bridgehead atoms. The fraction of sp³-hybridized carbons (Fsp3) is 0.500. The zero-order valence-corrected chi connectivity index (χ0v) is 11.7. The van der Waals surface area contributed by atoms with Crippen molar-refractivity contribution in [1.82, 2.24) is 5.32 Å². The SMILES string of the molecule is CNCc1ccc(OC2CCS(=O)(=O)C2)c(Cl)c1. The van der Waals surface area contributed by atoms with E-state index in [2.05, 4.69) is 5.32 Å². The first kappa shape index (κ1) is 13.6. The molecule has 100 valence electrons. The molecule has 0 amide bonds. The molecule has 1 aromatic rings. The molecule has 1 atom stereocenters. The molecule has 0 saturated carbocycles. The molecular weight excluding hydrogens is 274 g/mol. The Kier molecular flexibility index (Phi) is 4.14. The zero-order chi connectivity index (χ0) is 13.2. The molecule has 6 heteroatoms. The molecule has 2 rings (SSSR count). The summed E-state index contributed by atoms with van der Waals surface area (Å²) < 4.78 is 28.3. The van der Waals surface area contributed by atoms with Crippen molar-refractivity contribution in [2.24, 2.45) is 0 Å². The van der Waals surface area contributed by atoms with Crippen LogP contribution in [0.5, 0.6) is 5.75 Å². The minimum atomic E-state index is -2.92. The maximum absolute atomic E-state index is 11.3. The van der Waals surface area contributed by atoms with Crippen molar-refractivity contribution in [2.75, 3.05) is 18.6 Å². The highest BCUT2D eigenvalue weighted by Crippen LogP contribution is 2.28. The van der Waals surface area contributed by atoms with Gasteiger partial charge in [0.2, 0.25) is 0 Å². The fourth-order valence-electron chi connectivity index (χ4n) is 1.99. The van der Waals surface area contributed by atoms with Gasteiger partial charge in [-0.1, -0.05) is 17.7 Å². The van der Waals surface area contributed by atoms with Gasteiger partial charge >= 0.3 is 0 Å². The molecule has 1 heterocycles. The van der Waals surface area contributed by atoms with Crippen LogP contribution in [0.1, 0.15) is 12.0 Å². The molecular formula is C12H16ClNO3S. The lowest BCUT2D eigenvalue weighted by Crippen LogP contribution is -2.18. The summed E-state index contributed by atoms with van der Waals surface area (Å²) in [6, 6.07) is 5.54. The zero-order valence-electron chi connectivity index (χ0n) is 10.1. The average molecular weight is 290 g/mol. The van der Waals surface area contributed by atoms with Gasteiger partial charge in [0.25, 0.3) is 0 Å². The van der Waals surface area contributed by atoms with Crippen molar-refractivity contribution in [3.05, 3.63) is 28.8 Å². The van der Waals surface area contributed by atoms with Gasteiger partial charge in [-0.15, -0.1) is 0 Å². The second-order valence-electron chi connectivity index (χ2n) is 4.44. The van der Waals surface area contributed by atoms with Gasteiger partial charge in [0.05, 0.1) is 16.5 Å². The van der Waals surface area contributed by atoms with Crippen molar-refractivity contribution >= 4 is 21.4 Å². The Labute approximate surface area is 112 Å². The maximum Gasteiger partial charge on any atom is 0.154 e. The third kappa shape index (κ3) is 3.37. The Morgan fingerprint density at radius 3 is 2.83 bits per heavy atom. The molecule has 1 fully saturated rings. The monoisotopic (exact) mass is 289 g/mol. The van der Waals surface area contributed by atoms with E-state index in [-0.39, 0.29) is 17.6 Å². The van der Waals surface area contributed by atoms with E-state index < -0.39 is 9.84 Å².